The predicted octanol–water partition coefficient (Wildman–Crippen LogP) is 4.03. The van der Waals surface area contributed by atoms with Gasteiger partial charge in [-0.25, -0.2) is 0 Å². The third-order valence-corrected chi connectivity index (χ3v) is 3.85. The van der Waals surface area contributed by atoms with Gasteiger partial charge in [0.05, 0.1) is 24.7 Å². The van der Waals surface area contributed by atoms with E-state index in [4.69, 9.17) is 16.3 Å². The Morgan fingerprint density at radius 3 is 2.57 bits per heavy atom. The number of anilines is 1. The minimum absolute atomic E-state index is 0.0185. The summed E-state index contributed by atoms with van der Waals surface area (Å²) in [4.78, 5) is 12.1. The van der Waals surface area contributed by atoms with E-state index < -0.39 is 0 Å². The lowest BCUT2D eigenvalue weighted by atomic mass is 10.0. The van der Waals surface area contributed by atoms with Crippen LogP contribution < -0.4 is 15.4 Å². The lowest BCUT2D eigenvalue weighted by molar-refractivity contribution is -0.120. The molecule has 0 fully saturated rings. The van der Waals surface area contributed by atoms with Crippen LogP contribution in [0, 0.1) is 0 Å². The molecule has 0 bridgehead atoms. The quantitative estimate of drug-likeness (QED) is 0.805. The zero-order valence-corrected chi connectivity index (χ0v) is 14.1. The van der Waals surface area contributed by atoms with Crippen LogP contribution in [0.1, 0.15) is 24.9 Å². The van der Waals surface area contributed by atoms with Gasteiger partial charge in [-0.15, -0.1) is 0 Å². The highest BCUT2D eigenvalue weighted by molar-refractivity contribution is 6.32. The van der Waals surface area contributed by atoms with Crippen LogP contribution in [-0.2, 0) is 4.79 Å². The van der Waals surface area contributed by atoms with Crippen LogP contribution in [0.25, 0.3) is 0 Å². The fraction of sp³-hybridized carbons (Fsp3) is 0.278. The SMILES string of the molecule is CCC(NC(=O)CNc1ccc(OC)c(Cl)c1)c1ccccc1. The number of carbonyl (C=O) groups is 1. The average molecular weight is 333 g/mol. The Labute approximate surface area is 141 Å². The fourth-order valence-corrected chi connectivity index (χ4v) is 2.57. The molecule has 2 rings (SSSR count). The maximum atomic E-state index is 12.1. The minimum atomic E-state index is -0.0624. The number of nitrogens with one attached hydrogen (secondary N) is 2. The Balaban J connectivity index is 1.90. The number of rotatable bonds is 7. The molecule has 0 spiro atoms. The van der Waals surface area contributed by atoms with Gasteiger partial charge in [0.2, 0.25) is 5.91 Å². The molecule has 2 aromatic carbocycles. The first kappa shape index (κ1) is 17.2. The van der Waals surface area contributed by atoms with Crippen LogP contribution in [-0.4, -0.2) is 19.6 Å². The molecule has 4 nitrogen and oxygen atoms in total. The number of benzene rings is 2. The molecule has 5 heteroatoms. The summed E-state index contributed by atoms with van der Waals surface area (Å²) in [5.74, 6) is 0.546. The summed E-state index contributed by atoms with van der Waals surface area (Å²) >= 11 is 6.07. The number of methoxy groups -OCH3 is 1. The van der Waals surface area contributed by atoms with Gasteiger partial charge < -0.3 is 15.4 Å². The molecule has 1 atom stereocenters. The zero-order chi connectivity index (χ0) is 16.7. The number of ether oxygens (including phenoxy) is 1. The van der Waals surface area contributed by atoms with Crippen molar-refractivity contribution in [2.45, 2.75) is 19.4 Å². The average Bonchev–Trinajstić information content (AvgIpc) is 2.58. The highest BCUT2D eigenvalue weighted by Crippen LogP contribution is 2.27. The van der Waals surface area contributed by atoms with Gasteiger partial charge in [0, 0.05) is 5.69 Å². The first-order chi connectivity index (χ1) is 11.1. The maximum Gasteiger partial charge on any atom is 0.239 e. The molecular formula is C18H21ClN2O2. The normalized spacial score (nSPS) is 11.6. The molecular weight excluding hydrogens is 312 g/mol. The molecule has 0 saturated carbocycles. The maximum absolute atomic E-state index is 12.1. The Bertz CT molecular complexity index is 647. The second-order valence-corrected chi connectivity index (χ2v) is 5.55. The third kappa shape index (κ3) is 4.89. The Kier molecular flexibility index (Phi) is 6.29. The van der Waals surface area contributed by atoms with E-state index in [1.54, 1.807) is 19.2 Å². The van der Waals surface area contributed by atoms with Crippen LogP contribution >= 0.6 is 11.6 Å². The smallest absolute Gasteiger partial charge is 0.239 e. The van der Waals surface area contributed by atoms with Crippen molar-refractivity contribution in [3.05, 3.63) is 59.1 Å². The van der Waals surface area contributed by atoms with Gasteiger partial charge in [0.1, 0.15) is 5.75 Å². The monoisotopic (exact) mass is 332 g/mol. The van der Waals surface area contributed by atoms with E-state index in [1.165, 1.54) is 0 Å². The molecule has 0 aliphatic heterocycles. The van der Waals surface area contributed by atoms with E-state index in [0.29, 0.717) is 10.8 Å². The van der Waals surface area contributed by atoms with E-state index in [2.05, 4.69) is 17.6 Å². The first-order valence-corrected chi connectivity index (χ1v) is 7.93. The van der Waals surface area contributed by atoms with Gasteiger partial charge in [-0.2, -0.15) is 0 Å². The van der Waals surface area contributed by atoms with Crippen molar-refractivity contribution in [2.24, 2.45) is 0 Å². The molecule has 122 valence electrons. The Morgan fingerprint density at radius 2 is 1.96 bits per heavy atom. The molecule has 1 unspecified atom stereocenters. The van der Waals surface area contributed by atoms with Gasteiger partial charge in [0.25, 0.3) is 0 Å². The summed E-state index contributed by atoms with van der Waals surface area (Å²) in [6, 6.07) is 15.3. The molecule has 2 N–H and O–H groups in total. The van der Waals surface area contributed by atoms with Gasteiger partial charge in [-0.1, -0.05) is 48.9 Å². The van der Waals surface area contributed by atoms with Gasteiger partial charge in [0.15, 0.2) is 0 Å². The highest BCUT2D eigenvalue weighted by Gasteiger charge is 2.12. The standard InChI is InChI=1S/C18H21ClN2O2/c1-3-16(13-7-5-4-6-8-13)21-18(22)12-20-14-9-10-17(23-2)15(19)11-14/h4-11,16,20H,3,12H2,1-2H3,(H,21,22). The van der Waals surface area contributed by atoms with Crippen LogP contribution in [0.15, 0.2) is 48.5 Å². The van der Waals surface area contributed by atoms with E-state index in [-0.39, 0.29) is 18.5 Å². The van der Waals surface area contributed by atoms with Gasteiger partial charge in [-0.3, -0.25) is 4.79 Å². The molecule has 0 aromatic heterocycles. The number of hydrogen-bond donors (Lipinski definition) is 2. The molecule has 0 saturated heterocycles. The Hall–Kier alpha value is -2.20. The zero-order valence-electron chi connectivity index (χ0n) is 13.3. The lowest BCUT2D eigenvalue weighted by Crippen LogP contribution is -2.33. The second-order valence-electron chi connectivity index (χ2n) is 5.14. The van der Waals surface area contributed by atoms with Gasteiger partial charge in [-0.05, 0) is 30.2 Å². The van der Waals surface area contributed by atoms with Crippen LogP contribution in [0.3, 0.4) is 0 Å². The van der Waals surface area contributed by atoms with E-state index in [0.717, 1.165) is 17.7 Å². The summed E-state index contributed by atoms with van der Waals surface area (Å²) in [6.45, 7) is 2.24. The molecule has 0 aliphatic carbocycles. The topological polar surface area (TPSA) is 50.4 Å². The minimum Gasteiger partial charge on any atom is -0.495 e. The summed E-state index contributed by atoms with van der Waals surface area (Å²) in [5, 5.41) is 6.60. The molecule has 2 aromatic rings. The van der Waals surface area contributed by atoms with Crippen molar-refractivity contribution < 1.29 is 9.53 Å². The van der Waals surface area contributed by atoms with Crippen LogP contribution in [0.2, 0.25) is 5.02 Å². The van der Waals surface area contributed by atoms with Crippen molar-refractivity contribution in [3.8, 4) is 5.75 Å². The van der Waals surface area contributed by atoms with Crippen LogP contribution in [0.5, 0.6) is 5.75 Å². The second kappa shape index (κ2) is 8.44. The molecule has 1 amide bonds. The summed E-state index contributed by atoms with van der Waals surface area (Å²) in [5.41, 5.74) is 1.88. The predicted molar refractivity (Wildman–Crippen MR) is 94.1 cm³/mol. The number of hydrogen-bond acceptors (Lipinski definition) is 3. The fourth-order valence-electron chi connectivity index (χ4n) is 2.31. The molecule has 0 aliphatic rings. The van der Waals surface area contributed by atoms with Crippen molar-refractivity contribution in [3.63, 3.8) is 0 Å². The molecule has 0 radical (unpaired) electrons. The lowest BCUT2D eigenvalue weighted by Gasteiger charge is -2.18. The number of carbonyl (C=O) groups excluding carboxylic acids is 1. The summed E-state index contributed by atoms with van der Waals surface area (Å²) < 4.78 is 5.10. The molecule has 23 heavy (non-hydrogen) atoms. The van der Waals surface area contributed by atoms with E-state index in [1.807, 2.05) is 36.4 Å². The van der Waals surface area contributed by atoms with Crippen molar-refractivity contribution in [1.82, 2.24) is 5.32 Å². The third-order valence-electron chi connectivity index (χ3n) is 3.55. The summed E-state index contributed by atoms with van der Waals surface area (Å²) in [7, 11) is 1.57. The van der Waals surface area contributed by atoms with Crippen molar-refractivity contribution in [2.75, 3.05) is 19.0 Å². The first-order valence-electron chi connectivity index (χ1n) is 7.55. The van der Waals surface area contributed by atoms with Crippen LogP contribution in [0.4, 0.5) is 5.69 Å². The highest BCUT2D eigenvalue weighted by atomic mass is 35.5. The van der Waals surface area contributed by atoms with Gasteiger partial charge >= 0.3 is 0 Å². The Morgan fingerprint density at radius 1 is 1.22 bits per heavy atom. The largest absolute Gasteiger partial charge is 0.495 e. The van der Waals surface area contributed by atoms with Crippen molar-refractivity contribution >= 4 is 23.2 Å². The summed E-state index contributed by atoms with van der Waals surface area (Å²) in [6.07, 6.45) is 0.837. The number of amides is 1. The van der Waals surface area contributed by atoms with E-state index >= 15 is 0 Å². The van der Waals surface area contributed by atoms with E-state index in [9.17, 15) is 4.79 Å². The molecule has 0 heterocycles. The number of halogens is 1. The van der Waals surface area contributed by atoms with Crippen molar-refractivity contribution in [1.29, 1.82) is 0 Å².